The molecular weight excluding hydrogens is 192 g/mol. The van der Waals surface area contributed by atoms with Crippen LogP contribution in [0.25, 0.3) is 0 Å². The molecule has 1 aromatic carbocycles. The van der Waals surface area contributed by atoms with Crippen LogP contribution in [0.3, 0.4) is 0 Å². The van der Waals surface area contributed by atoms with Crippen LogP contribution in [0.5, 0.6) is 5.75 Å². The second kappa shape index (κ2) is 3.81. The molecule has 2 N–H and O–H groups in total. The first-order valence-electron chi connectivity index (χ1n) is 4.93. The number of carbonyl (C=O) groups is 1. The number of amides is 1. The molecule has 4 nitrogen and oxygen atoms in total. The van der Waals surface area contributed by atoms with Gasteiger partial charge in [-0.25, -0.2) is 0 Å². The summed E-state index contributed by atoms with van der Waals surface area (Å²) in [5.74, 6) is 0.891. The molecule has 0 spiro atoms. The van der Waals surface area contributed by atoms with Crippen molar-refractivity contribution >= 4 is 17.3 Å². The van der Waals surface area contributed by atoms with Gasteiger partial charge in [0.25, 0.3) is 0 Å². The van der Waals surface area contributed by atoms with Crippen molar-refractivity contribution in [2.24, 2.45) is 0 Å². The first-order chi connectivity index (χ1) is 7.24. The fraction of sp³-hybridized carbons (Fsp3) is 0.364. The number of aryl methyl sites for hydroxylation is 1. The molecule has 0 saturated carbocycles. The minimum Gasteiger partial charge on any atom is -0.495 e. The number of hydrogen-bond acceptors (Lipinski definition) is 3. The molecular formula is C11H14N2O2. The predicted molar refractivity (Wildman–Crippen MR) is 59.5 cm³/mol. The van der Waals surface area contributed by atoms with Gasteiger partial charge in [-0.1, -0.05) is 0 Å². The van der Waals surface area contributed by atoms with Gasteiger partial charge in [-0.05, 0) is 24.1 Å². The summed E-state index contributed by atoms with van der Waals surface area (Å²) >= 11 is 0. The van der Waals surface area contributed by atoms with E-state index in [0.717, 1.165) is 29.1 Å². The minimum absolute atomic E-state index is 0.0784. The fourth-order valence-corrected chi connectivity index (χ4v) is 1.77. The van der Waals surface area contributed by atoms with Gasteiger partial charge in [0.1, 0.15) is 5.75 Å². The summed E-state index contributed by atoms with van der Waals surface area (Å²) in [5.41, 5.74) is 2.90. The van der Waals surface area contributed by atoms with Gasteiger partial charge in [0, 0.05) is 19.2 Å². The molecule has 0 atom stereocenters. The molecule has 4 heteroatoms. The number of fused-ring (bicyclic) bond motifs is 1. The Kier molecular flexibility index (Phi) is 2.49. The maximum atomic E-state index is 11.2. The van der Waals surface area contributed by atoms with Gasteiger partial charge >= 0.3 is 0 Å². The summed E-state index contributed by atoms with van der Waals surface area (Å²) < 4.78 is 5.25. The smallest absolute Gasteiger partial charge is 0.224 e. The third-order valence-electron chi connectivity index (χ3n) is 2.59. The Morgan fingerprint density at radius 3 is 2.87 bits per heavy atom. The third kappa shape index (κ3) is 1.75. The van der Waals surface area contributed by atoms with Crippen LogP contribution in [0.4, 0.5) is 11.4 Å². The lowest BCUT2D eigenvalue weighted by Gasteiger charge is -2.19. The number of hydrogen-bond donors (Lipinski definition) is 2. The Bertz CT molecular complexity index is 402. The van der Waals surface area contributed by atoms with Crippen LogP contribution in [-0.2, 0) is 11.2 Å². The number of ether oxygens (including phenoxy) is 1. The molecule has 0 fully saturated rings. The van der Waals surface area contributed by atoms with Crippen LogP contribution in [0, 0.1) is 0 Å². The van der Waals surface area contributed by atoms with E-state index in [4.69, 9.17) is 4.74 Å². The summed E-state index contributed by atoms with van der Waals surface area (Å²) in [5, 5.41) is 5.89. The Hall–Kier alpha value is -1.71. The van der Waals surface area contributed by atoms with Crippen LogP contribution < -0.4 is 15.4 Å². The molecule has 0 aliphatic carbocycles. The minimum atomic E-state index is 0.0784. The molecule has 15 heavy (non-hydrogen) atoms. The lowest BCUT2D eigenvalue weighted by Crippen LogP contribution is -2.19. The average Bonchev–Trinajstić information content (AvgIpc) is 2.27. The summed E-state index contributed by atoms with van der Waals surface area (Å²) in [6.45, 7) is 0. The second-order valence-corrected chi connectivity index (χ2v) is 3.51. The summed E-state index contributed by atoms with van der Waals surface area (Å²) in [6, 6.07) is 3.88. The number of anilines is 2. The molecule has 1 amide bonds. The van der Waals surface area contributed by atoms with Crippen LogP contribution in [-0.4, -0.2) is 20.1 Å². The zero-order valence-corrected chi connectivity index (χ0v) is 8.89. The Labute approximate surface area is 88.6 Å². The van der Waals surface area contributed by atoms with E-state index >= 15 is 0 Å². The standard InChI is InChI=1S/C11H14N2O2/c1-12-9-6-8-7(5-10(9)15-2)3-4-11(14)13-8/h5-6,12H,3-4H2,1-2H3,(H,13,14). The fourth-order valence-electron chi connectivity index (χ4n) is 1.77. The first kappa shape index (κ1) is 9.83. The van der Waals surface area contributed by atoms with Crippen molar-refractivity contribution in [1.82, 2.24) is 0 Å². The largest absolute Gasteiger partial charge is 0.495 e. The number of benzene rings is 1. The van der Waals surface area contributed by atoms with Gasteiger partial charge in [-0.15, -0.1) is 0 Å². The first-order valence-corrected chi connectivity index (χ1v) is 4.93. The summed E-state index contributed by atoms with van der Waals surface area (Å²) in [4.78, 5) is 11.2. The normalized spacial score (nSPS) is 14.1. The van der Waals surface area contributed by atoms with E-state index in [9.17, 15) is 4.79 Å². The molecule has 1 aromatic rings. The molecule has 0 unspecified atom stereocenters. The van der Waals surface area contributed by atoms with Crippen LogP contribution in [0.15, 0.2) is 12.1 Å². The van der Waals surface area contributed by atoms with E-state index in [1.807, 2.05) is 19.2 Å². The second-order valence-electron chi connectivity index (χ2n) is 3.51. The molecule has 0 saturated heterocycles. The van der Waals surface area contributed by atoms with Gasteiger partial charge in [-0.3, -0.25) is 4.79 Å². The van der Waals surface area contributed by atoms with E-state index in [1.54, 1.807) is 7.11 Å². The van der Waals surface area contributed by atoms with Gasteiger partial charge < -0.3 is 15.4 Å². The molecule has 0 bridgehead atoms. The SMILES string of the molecule is CNc1cc2c(cc1OC)CCC(=O)N2. The van der Waals surface area contributed by atoms with E-state index in [-0.39, 0.29) is 5.91 Å². The molecule has 80 valence electrons. The van der Waals surface area contributed by atoms with E-state index < -0.39 is 0 Å². The number of nitrogens with one attached hydrogen (secondary N) is 2. The summed E-state index contributed by atoms with van der Waals surface area (Å²) in [6.07, 6.45) is 1.33. The summed E-state index contributed by atoms with van der Waals surface area (Å²) in [7, 11) is 3.47. The van der Waals surface area contributed by atoms with Gasteiger partial charge in [0.15, 0.2) is 0 Å². The third-order valence-corrected chi connectivity index (χ3v) is 2.59. The molecule has 2 rings (SSSR count). The highest BCUT2D eigenvalue weighted by Crippen LogP contribution is 2.33. The Balaban J connectivity index is 2.45. The van der Waals surface area contributed by atoms with Crippen LogP contribution in [0.2, 0.25) is 0 Å². The molecule has 0 aromatic heterocycles. The zero-order valence-electron chi connectivity index (χ0n) is 8.89. The van der Waals surface area contributed by atoms with Gasteiger partial charge in [0.05, 0.1) is 12.8 Å². The maximum absolute atomic E-state index is 11.2. The highest BCUT2D eigenvalue weighted by Gasteiger charge is 2.17. The maximum Gasteiger partial charge on any atom is 0.224 e. The zero-order chi connectivity index (χ0) is 10.8. The number of carbonyl (C=O) groups excluding carboxylic acids is 1. The molecule has 1 heterocycles. The van der Waals surface area contributed by atoms with Crippen molar-refractivity contribution in [2.45, 2.75) is 12.8 Å². The topological polar surface area (TPSA) is 50.4 Å². The molecule has 0 radical (unpaired) electrons. The predicted octanol–water partition coefficient (Wildman–Crippen LogP) is 1.62. The van der Waals surface area contributed by atoms with Crippen molar-refractivity contribution in [2.75, 3.05) is 24.8 Å². The quantitative estimate of drug-likeness (QED) is 0.773. The van der Waals surface area contributed by atoms with Crippen LogP contribution in [0.1, 0.15) is 12.0 Å². The van der Waals surface area contributed by atoms with E-state index in [0.29, 0.717) is 6.42 Å². The average molecular weight is 206 g/mol. The lowest BCUT2D eigenvalue weighted by molar-refractivity contribution is -0.116. The molecule has 1 aliphatic heterocycles. The van der Waals surface area contributed by atoms with Gasteiger partial charge in [0.2, 0.25) is 5.91 Å². The van der Waals surface area contributed by atoms with E-state index in [2.05, 4.69) is 10.6 Å². The lowest BCUT2D eigenvalue weighted by atomic mass is 10.0. The van der Waals surface area contributed by atoms with Crippen LogP contribution >= 0.6 is 0 Å². The van der Waals surface area contributed by atoms with Gasteiger partial charge in [-0.2, -0.15) is 0 Å². The van der Waals surface area contributed by atoms with Crippen molar-refractivity contribution in [3.63, 3.8) is 0 Å². The van der Waals surface area contributed by atoms with E-state index in [1.165, 1.54) is 0 Å². The highest BCUT2D eigenvalue weighted by molar-refractivity contribution is 5.95. The van der Waals surface area contributed by atoms with Crippen molar-refractivity contribution < 1.29 is 9.53 Å². The van der Waals surface area contributed by atoms with Crippen molar-refractivity contribution in [3.05, 3.63) is 17.7 Å². The Morgan fingerprint density at radius 2 is 2.20 bits per heavy atom. The van der Waals surface area contributed by atoms with Crippen molar-refractivity contribution in [3.8, 4) is 5.75 Å². The Morgan fingerprint density at radius 1 is 1.40 bits per heavy atom. The molecule has 1 aliphatic rings. The van der Waals surface area contributed by atoms with Crippen molar-refractivity contribution in [1.29, 1.82) is 0 Å². The number of methoxy groups -OCH3 is 1. The highest BCUT2D eigenvalue weighted by atomic mass is 16.5. The monoisotopic (exact) mass is 206 g/mol. The number of rotatable bonds is 2.